The summed E-state index contributed by atoms with van der Waals surface area (Å²) < 4.78 is 0. The van der Waals surface area contributed by atoms with Gasteiger partial charge in [0.05, 0.1) is 0 Å². The Morgan fingerprint density at radius 2 is 1.05 bits per heavy atom. The average Bonchev–Trinajstić information content (AvgIpc) is 2.49. The Morgan fingerprint density at radius 3 is 1.33 bits per heavy atom. The lowest BCUT2D eigenvalue weighted by Gasteiger charge is -2.26. The Balaban J connectivity index is 2.35. The number of benzene rings is 2. The van der Waals surface area contributed by atoms with Gasteiger partial charge in [-0.1, -0.05) is 72.6 Å². The predicted molar refractivity (Wildman–Crippen MR) is 82.6 cm³/mol. The van der Waals surface area contributed by atoms with Crippen molar-refractivity contribution in [3.05, 3.63) is 80.5 Å². The molecule has 2 rings (SSSR count). The van der Waals surface area contributed by atoms with Crippen LogP contribution in [0.4, 0.5) is 11.4 Å². The highest BCUT2D eigenvalue weighted by Gasteiger charge is 2.22. The lowest BCUT2D eigenvalue weighted by atomic mass is 9.78. The van der Waals surface area contributed by atoms with Crippen molar-refractivity contribution < 1.29 is 0 Å². The number of nitrogens with zero attached hydrogens (tertiary/aromatic N) is 6. The van der Waals surface area contributed by atoms with E-state index in [1.54, 1.807) is 24.3 Å². The molecule has 0 aromatic heterocycles. The second-order valence-electron chi connectivity index (χ2n) is 5.10. The van der Waals surface area contributed by atoms with Crippen LogP contribution in [0.3, 0.4) is 0 Å². The van der Waals surface area contributed by atoms with Crippen LogP contribution >= 0.6 is 0 Å². The van der Waals surface area contributed by atoms with E-state index in [2.05, 4.69) is 33.9 Å². The highest BCUT2D eigenvalue weighted by Crippen LogP contribution is 2.33. The number of hydrogen-bond acceptors (Lipinski definition) is 2. The predicted octanol–water partition coefficient (Wildman–Crippen LogP) is 5.90. The largest absolute Gasteiger partial charge is 0.0608 e. The summed E-state index contributed by atoms with van der Waals surface area (Å²) in [5.74, 6) is 0. The number of rotatable bonds is 4. The van der Waals surface area contributed by atoms with Crippen LogP contribution in [0.25, 0.3) is 20.9 Å². The average molecular weight is 278 g/mol. The van der Waals surface area contributed by atoms with Crippen LogP contribution in [0, 0.1) is 0 Å². The van der Waals surface area contributed by atoms with Crippen LogP contribution < -0.4 is 0 Å². The van der Waals surface area contributed by atoms with Crippen LogP contribution in [0.5, 0.6) is 0 Å². The van der Waals surface area contributed by atoms with E-state index in [0.29, 0.717) is 11.4 Å². The molecule has 0 N–H and O–H groups in total. The monoisotopic (exact) mass is 278 g/mol. The van der Waals surface area contributed by atoms with Crippen molar-refractivity contribution in [1.29, 1.82) is 0 Å². The van der Waals surface area contributed by atoms with Crippen molar-refractivity contribution in [2.75, 3.05) is 0 Å². The first-order chi connectivity index (χ1) is 10.1. The van der Waals surface area contributed by atoms with Crippen LogP contribution in [0.1, 0.15) is 25.0 Å². The molecule has 0 aliphatic carbocycles. The first-order valence-electron chi connectivity index (χ1n) is 6.39. The molecular formula is C15H14N6. The van der Waals surface area contributed by atoms with Gasteiger partial charge in [-0.05, 0) is 22.2 Å². The summed E-state index contributed by atoms with van der Waals surface area (Å²) in [5.41, 5.74) is 20.0. The van der Waals surface area contributed by atoms with Crippen molar-refractivity contribution in [1.82, 2.24) is 0 Å². The summed E-state index contributed by atoms with van der Waals surface area (Å²) in [6.07, 6.45) is 0. The molecule has 0 unspecified atom stereocenters. The molecule has 2 aromatic carbocycles. The molecule has 0 amide bonds. The maximum atomic E-state index is 8.42. The Hall–Kier alpha value is -2.94. The van der Waals surface area contributed by atoms with Gasteiger partial charge in [-0.25, -0.2) is 0 Å². The third-order valence-corrected chi connectivity index (χ3v) is 3.50. The second-order valence-corrected chi connectivity index (χ2v) is 5.10. The smallest absolute Gasteiger partial charge is 0.0375 e. The minimum atomic E-state index is -0.205. The second kappa shape index (κ2) is 6.01. The molecule has 21 heavy (non-hydrogen) atoms. The van der Waals surface area contributed by atoms with E-state index < -0.39 is 0 Å². The first-order valence-corrected chi connectivity index (χ1v) is 6.39. The molecule has 104 valence electrons. The van der Waals surface area contributed by atoms with Gasteiger partial charge in [-0.3, -0.25) is 0 Å². The summed E-state index contributed by atoms with van der Waals surface area (Å²) in [5, 5.41) is 7.14. The molecule has 0 saturated carbocycles. The van der Waals surface area contributed by atoms with Crippen LogP contribution in [-0.2, 0) is 5.41 Å². The van der Waals surface area contributed by atoms with Crippen LogP contribution in [0.2, 0.25) is 0 Å². The summed E-state index contributed by atoms with van der Waals surface area (Å²) >= 11 is 0. The van der Waals surface area contributed by atoms with Gasteiger partial charge >= 0.3 is 0 Å². The molecule has 0 heterocycles. The Kier molecular flexibility index (Phi) is 4.14. The maximum absolute atomic E-state index is 8.42. The van der Waals surface area contributed by atoms with Gasteiger partial charge in [-0.15, -0.1) is 0 Å². The van der Waals surface area contributed by atoms with Crippen molar-refractivity contribution in [3.8, 4) is 0 Å². The summed E-state index contributed by atoms with van der Waals surface area (Å²) in [7, 11) is 0. The molecule has 6 heteroatoms. The topological polar surface area (TPSA) is 97.5 Å². The standard InChI is InChI=1S/C15H14N6/c1-15(2,11-3-7-13(8-4-11)18-20-16)12-5-9-14(10-6-12)19-21-17/h3-10H,1-2H3. The SMILES string of the molecule is CC(C)(c1ccc(N=[N+]=[N-])cc1)c1ccc(N=[N+]=[N-])cc1. The lowest BCUT2D eigenvalue weighted by molar-refractivity contribution is 0.641. The fraction of sp³-hybridized carbons (Fsp3) is 0.200. The minimum Gasteiger partial charge on any atom is -0.0608 e. The summed E-state index contributed by atoms with van der Waals surface area (Å²) in [6, 6.07) is 15.0. The van der Waals surface area contributed by atoms with E-state index >= 15 is 0 Å². The third kappa shape index (κ3) is 3.15. The van der Waals surface area contributed by atoms with E-state index in [0.717, 1.165) is 11.1 Å². The zero-order valence-electron chi connectivity index (χ0n) is 11.8. The van der Waals surface area contributed by atoms with Crippen molar-refractivity contribution >= 4 is 11.4 Å². The Morgan fingerprint density at radius 1 is 0.714 bits per heavy atom. The normalized spacial score (nSPS) is 10.4. The maximum Gasteiger partial charge on any atom is 0.0375 e. The van der Waals surface area contributed by atoms with Gasteiger partial charge in [-0.2, -0.15) is 0 Å². The molecule has 0 spiro atoms. The Labute approximate surface area is 122 Å². The fourth-order valence-corrected chi connectivity index (χ4v) is 2.16. The number of hydrogen-bond donors (Lipinski definition) is 0. The summed E-state index contributed by atoms with van der Waals surface area (Å²) in [6.45, 7) is 4.22. The highest BCUT2D eigenvalue weighted by molar-refractivity contribution is 5.47. The quantitative estimate of drug-likeness (QED) is 0.378. The molecule has 6 nitrogen and oxygen atoms in total. The third-order valence-electron chi connectivity index (χ3n) is 3.50. The van der Waals surface area contributed by atoms with E-state index in [9.17, 15) is 0 Å². The van der Waals surface area contributed by atoms with Crippen molar-refractivity contribution in [3.63, 3.8) is 0 Å². The van der Waals surface area contributed by atoms with E-state index in [4.69, 9.17) is 11.1 Å². The fourth-order valence-electron chi connectivity index (χ4n) is 2.16. The molecule has 0 atom stereocenters. The molecule has 0 aliphatic heterocycles. The van der Waals surface area contributed by atoms with Gasteiger partial charge < -0.3 is 0 Å². The zero-order valence-corrected chi connectivity index (χ0v) is 11.8. The van der Waals surface area contributed by atoms with Crippen molar-refractivity contribution in [2.24, 2.45) is 10.2 Å². The van der Waals surface area contributed by atoms with Crippen molar-refractivity contribution in [2.45, 2.75) is 19.3 Å². The summed E-state index contributed by atoms with van der Waals surface area (Å²) in [4.78, 5) is 5.54. The minimum absolute atomic E-state index is 0.205. The van der Waals surface area contributed by atoms with Crippen LogP contribution in [-0.4, -0.2) is 0 Å². The van der Waals surface area contributed by atoms with Gasteiger partial charge in [0.2, 0.25) is 0 Å². The molecule has 0 radical (unpaired) electrons. The lowest BCUT2D eigenvalue weighted by Crippen LogP contribution is -2.18. The van der Waals surface area contributed by atoms with Gasteiger partial charge in [0.1, 0.15) is 0 Å². The van der Waals surface area contributed by atoms with Crippen LogP contribution in [0.15, 0.2) is 58.8 Å². The molecule has 0 aliphatic rings. The molecule has 0 bridgehead atoms. The molecular weight excluding hydrogens is 264 g/mol. The van der Waals surface area contributed by atoms with E-state index in [1.807, 2.05) is 24.3 Å². The van der Waals surface area contributed by atoms with E-state index in [-0.39, 0.29) is 5.41 Å². The Bertz CT molecular complexity index is 654. The molecule has 0 saturated heterocycles. The number of azide groups is 2. The molecule has 0 fully saturated rings. The van der Waals surface area contributed by atoms with Gasteiger partial charge in [0.25, 0.3) is 0 Å². The first kappa shape index (κ1) is 14.5. The van der Waals surface area contributed by atoms with Gasteiger partial charge in [0, 0.05) is 26.6 Å². The highest BCUT2D eigenvalue weighted by atomic mass is 15.1. The zero-order chi connectivity index (χ0) is 15.3. The molecule has 2 aromatic rings. The van der Waals surface area contributed by atoms with Gasteiger partial charge in [0.15, 0.2) is 0 Å². The van der Waals surface area contributed by atoms with E-state index in [1.165, 1.54) is 0 Å².